The summed E-state index contributed by atoms with van der Waals surface area (Å²) in [5.74, 6) is 1.42. The topological polar surface area (TPSA) is 47.8 Å². The monoisotopic (exact) mass is 371 g/mol. The standard InChI is InChI=1S/C19H18ClN3OS/c1-2-17(24)13-25-19-22-21-18(12-14-6-4-3-5-7-14)23(19)16-10-8-15(20)9-11-16/h3-11H,2,12-13H2,1H3. The van der Waals surface area contributed by atoms with Crippen molar-refractivity contribution in [1.29, 1.82) is 0 Å². The first-order chi connectivity index (χ1) is 12.2. The number of hydrogen-bond acceptors (Lipinski definition) is 4. The van der Waals surface area contributed by atoms with Gasteiger partial charge in [-0.15, -0.1) is 10.2 Å². The maximum absolute atomic E-state index is 11.7. The van der Waals surface area contributed by atoms with Gasteiger partial charge in [0, 0.05) is 23.6 Å². The van der Waals surface area contributed by atoms with Crippen LogP contribution in [0.1, 0.15) is 24.7 Å². The second-order valence-corrected chi connectivity index (χ2v) is 6.93. The van der Waals surface area contributed by atoms with Crippen LogP contribution in [0.5, 0.6) is 0 Å². The third-order valence-corrected chi connectivity index (χ3v) is 4.99. The normalized spacial score (nSPS) is 10.8. The molecule has 0 unspecified atom stereocenters. The summed E-state index contributed by atoms with van der Waals surface area (Å²) in [4.78, 5) is 11.7. The molecule has 0 saturated carbocycles. The Bertz CT molecular complexity index is 847. The van der Waals surface area contributed by atoms with Crippen molar-refractivity contribution in [1.82, 2.24) is 14.8 Å². The molecule has 3 aromatic rings. The summed E-state index contributed by atoms with van der Waals surface area (Å²) in [5.41, 5.74) is 2.10. The molecule has 0 radical (unpaired) electrons. The summed E-state index contributed by atoms with van der Waals surface area (Å²) < 4.78 is 2.00. The van der Waals surface area contributed by atoms with Crippen LogP contribution in [0.25, 0.3) is 5.69 Å². The first-order valence-electron chi connectivity index (χ1n) is 8.06. The smallest absolute Gasteiger partial charge is 0.196 e. The lowest BCUT2D eigenvalue weighted by Gasteiger charge is -2.10. The van der Waals surface area contributed by atoms with Gasteiger partial charge in [-0.1, -0.05) is 60.6 Å². The molecule has 0 aliphatic heterocycles. The van der Waals surface area contributed by atoms with Crippen LogP contribution in [0.3, 0.4) is 0 Å². The molecule has 0 aliphatic carbocycles. The van der Waals surface area contributed by atoms with Gasteiger partial charge in [0.2, 0.25) is 0 Å². The highest BCUT2D eigenvalue weighted by Crippen LogP contribution is 2.24. The highest BCUT2D eigenvalue weighted by atomic mass is 35.5. The molecule has 0 fully saturated rings. The van der Waals surface area contributed by atoms with Crippen molar-refractivity contribution in [3.8, 4) is 5.69 Å². The van der Waals surface area contributed by atoms with Gasteiger partial charge in [-0.05, 0) is 29.8 Å². The fourth-order valence-electron chi connectivity index (χ4n) is 2.38. The van der Waals surface area contributed by atoms with E-state index in [1.54, 1.807) is 0 Å². The van der Waals surface area contributed by atoms with Crippen LogP contribution in [0, 0.1) is 0 Å². The average Bonchev–Trinajstić information content (AvgIpc) is 3.03. The molecule has 1 heterocycles. The molecule has 0 amide bonds. The van der Waals surface area contributed by atoms with E-state index in [-0.39, 0.29) is 5.78 Å². The largest absolute Gasteiger partial charge is 0.299 e. The zero-order chi connectivity index (χ0) is 17.6. The molecule has 6 heteroatoms. The van der Waals surface area contributed by atoms with Crippen LogP contribution in [0.4, 0.5) is 0 Å². The highest BCUT2D eigenvalue weighted by molar-refractivity contribution is 7.99. The Balaban J connectivity index is 1.95. The number of nitrogens with zero attached hydrogens (tertiary/aromatic N) is 3. The SMILES string of the molecule is CCC(=O)CSc1nnc(Cc2ccccc2)n1-c1ccc(Cl)cc1. The first-order valence-corrected chi connectivity index (χ1v) is 9.42. The Morgan fingerprint density at radius 2 is 1.80 bits per heavy atom. The van der Waals surface area contributed by atoms with Gasteiger partial charge in [0.05, 0.1) is 5.75 Å². The number of ketones is 1. The fraction of sp³-hybridized carbons (Fsp3) is 0.211. The second-order valence-electron chi connectivity index (χ2n) is 5.55. The lowest BCUT2D eigenvalue weighted by Crippen LogP contribution is -2.05. The number of aromatic nitrogens is 3. The minimum Gasteiger partial charge on any atom is -0.299 e. The lowest BCUT2D eigenvalue weighted by molar-refractivity contribution is -0.116. The summed E-state index contributed by atoms with van der Waals surface area (Å²) in [6, 6.07) is 17.7. The quantitative estimate of drug-likeness (QED) is 0.570. The van der Waals surface area contributed by atoms with Crippen LogP contribution in [0.15, 0.2) is 59.8 Å². The minimum absolute atomic E-state index is 0.195. The van der Waals surface area contributed by atoms with Crippen LogP contribution >= 0.6 is 23.4 Å². The molecule has 0 N–H and O–H groups in total. The van der Waals surface area contributed by atoms with Gasteiger partial charge in [0.1, 0.15) is 11.6 Å². The molecule has 4 nitrogen and oxygen atoms in total. The highest BCUT2D eigenvalue weighted by Gasteiger charge is 2.16. The number of thioether (sulfide) groups is 1. The van der Waals surface area contributed by atoms with E-state index in [1.165, 1.54) is 11.8 Å². The summed E-state index contributed by atoms with van der Waals surface area (Å²) in [6.07, 6.45) is 1.19. The van der Waals surface area contributed by atoms with E-state index in [1.807, 2.05) is 54.0 Å². The molecular weight excluding hydrogens is 354 g/mol. The Morgan fingerprint density at radius 3 is 2.48 bits per heavy atom. The molecule has 25 heavy (non-hydrogen) atoms. The number of carbonyl (C=O) groups excluding carboxylic acids is 1. The van der Waals surface area contributed by atoms with Crippen molar-refractivity contribution >= 4 is 29.1 Å². The van der Waals surface area contributed by atoms with E-state index in [0.717, 1.165) is 22.2 Å². The van der Waals surface area contributed by atoms with Gasteiger partial charge in [0.15, 0.2) is 5.16 Å². The number of halogens is 1. The Labute approximate surface area is 156 Å². The maximum Gasteiger partial charge on any atom is 0.196 e. The van der Waals surface area contributed by atoms with Gasteiger partial charge < -0.3 is 0 Å². The van der Waals surface area contributed by atoms with Gasteiger partial charge in [-0.3, -0.25) is 9.36 Å². The van der Waals surface area contributed by atoms with Crippen molar-refractivity contribution in [2.24, 2.45) is 0 Å². The van der Waals surface area contributed by atoms with Crippen molar-refractivity contribution in [2.75, 3.05) is 5.75 Å². The summed E-state index contributed by atoms with van der Waals surface area (Å²) in [6.45, 7) is 1.87. The van der Waals surface area contributed by atoms with Gasteiger partial charge >= 0.3 is 0 Å². The van der Waals surface area contributed by atoms with E-state index in [4.69, 9.17) is 11.6 Å². The summed E-state index contributed by atoms with van der Waals surface area (Å²) in [7, 11) is 0. The predicted octanol–water partition coefficient (Wildman–Crippen LogP) is 4.58. The van der Waals surface area contributed by atoms with Crippen LogP contribution < -0.4 is 0 Å². The molecule has 0 saturated heterocycles. The molecule has 0 aliphatic rings. The number of Topliss-reactive ketones (excluding diaryl/α,β-unsaturated/α-hetero) is 1. The fourth-order valence-corrected chi connectivity index (χ4v) is 3.44. The van der Waals surface area contributed by atoms with Gasteiger partial charge in [-0.2, -0.15) is 0 Å². The number of rotatable bonds is 7. The van der Waals surface area contributed by atoms with Crippen LogP contribution in [-0.2, 0) is 11.2 Å². The summed E-state index contributed by atoms with van der Waals surface area (Å²) in [5, 5.41) is 10.1. The van der Waals surface area contributed by atoms with E-state index < -0.39 is 0 Å². The van der Waals surface area contributed by atoms with Crippen molar-refractivity contribution in [2.45, 2.75) is 24.9 Å². The number of hydrogen-bond donors (Lipinski definition) is 0. The minimum atomic E-state index is 0.195. The van der Waals surface area contributed by atoms with Crippen molar-refractivity contribution < 1.29 is 4.79 Å². The van der Waals surface area contributed by atoms with Gasteiger partial charge in [0.25, 0.3) is 0 Å². The van der Waals surface area contributed by atoms with Crippen LogP contribution in [0.2, 0.25) is 5.02 Å². The zero-order valence-corrected chi connectivity index (χ0v) is 15.4. The van der Waals surface area contributed by atoms with E-state index >= 15 is 0 Å². The maximum atomic E-state index is 11.7. The second kappa shape index (κ2) is 8.32. The van der Waals surface area contributed by atoms with E-state index in [2.05, 4.69) is 22.3 Å². The van der Waals surface area contributed by atoms with Crippen molar-refractivity contribution in [3.05, 3.63) is 71.0 Å². The molecule has 128 valence electrons. The van der Waals surface area contributed by atoms with Crippen molar-refractivity contribution in [3.63, 3.8) is 0 Å². The lowest BCUT2D eigenvalue weighted by atomic mass is 10.1. The zero-order valence-electron chi connectivity index (χ0n) is 13.9. The Kier molecular flexibility index (Phi) is 5.89. The number of benzene rings is 2. The molecule has 1 aromatic heterocycles. The molecule has 3 rings (SSSR count). The third-order valence-electron chi connectivity index (χ3n) is 3.75. The van der Waals surface area contributed by atoms with Gasteiger partial charge in [-0.25, -0.2) is 0 Å². The third kappa shape index (κ3) is 4.50. The average molecular weight is 372 g/mol. The number of carbonyl (C=O) groups is 1. The van der Waals surface area contributed by atoms with Crippen LogP contribution in [-0.4, -0.2) is 26.3 Å². The predicted molar refractivity (Wildman–Crippen MR) is 102 cm³/mol. The molecule has 0 spiro atoms. The van der Waals surface area contributed by atoms with E-state index in [9.17, 15) is 4.79 Å². The molecule has 0 atom stereocenters. The Morgan fingerprint density at radius 1 is 1.08 bits per heavy atom. The molecular formula is C19H18ClN3OS. The first kappa shape index (κ1) is 17.7. The molecule has 0 bridgehead atoms. The van der Waals surface area contributed by atoms with E-state index in [0.29, 0.717) is 23.6 Å². The Hall–Kier alpha value is -2.11. The summed E-state index contributed by atoms with van der Waals surface area (Å²) >= 11 is 7.43. The molecule has 2 aromatic carbocycles.